The molecule has 0 aromatic heterocycles. The van der Waals surface area contributed by atoms with E-state index in [1.54, 1.807) is 12.1 Å². The standard InChI is InChI=1S/C15H18ClNO3/c1-20-15(19)9-13(11-4-5-11)17-14(18)8-10-2-6-12(16)7-3-10/h2-3,6-7,11,13H,4-5,8-9H2,1H3,(H,17,18). The van der Waals surface area contributed by atoms with Crippen molar-refractivity contribution in [1.29, 1.82) is 0 Å². The molecule has 0 radical (unpaired) electrons. The normalized spacial score (nSPS) is 15.5. The molecule has 1 fully saturated rings. The van der Waals surface area contributed by atoms with Crippen molar-refractivity contribution in [2.75, 3.05) is 7.11 Å². The van der Waals surface area contributed by atoms with Gasteiger partial charge in [0.15, 0.2) is 0 Å². The lowest BCUT2D eigenvalue weighted by Crippen LogP contribution is -2.39. The average Bonchev–Trinajstić information content (AvgIpc) is 3.25. The molecule has 5 heteroatoms. The van der Waals surface area contributed by atoms with Gasteiger partial charge in [0.2, 0.25) is 5.91 Å². The Bertz CT molecular complexity index is 482. The number of rotatable bonds is 6. The largest absolute Gasteiger partial charge is 0.469 e. The van der Waals surface area contributed by atoms with Crippen LogP contribution in [0.3, 0.4) is 0 Å². The number of carbonyl (C=O) groups is 2. The lowest BCUT2D eigenvalue weighted by molar-refractivity contribution is -0.141. The minimum absolute atomic E-state index is 0.0758. The van der Waals surface area contributed by atoms with Gasteiger partial charge in [0.25, 0.3) is 0 Å². The molecule has 4 nitrogen and oxygen atoms in total. The van der Waals surface area contributed by atoms with E-state index in [1.807, 2.05) is 12.1 Å². The van der Waals surface area contributed by atoms with Crippen LogP contribution in [0.25, 0.3) is 0 Å². The Balaban J connectivity index is 1.88. The van der Waals surface area contributed by atoms with Crippen molar-refractivity contribution in [2.45, 2.75) is 31.7 Å². The van der Waals surface area contributed by atoms with Gasteiger partial charge < -0.3 is 10.1 Å². The van der Waals surface area contributed by atoms with Gasteiger partial charge in [0.05, 0.1) is 20.0 Å². The van der Waals surface area contributed by atoms with Crippen molar-refractivity contribution in [3.05, 3.63) is 34.9 Å². The minimum Gasteiger partial charge on any atom is -0.469 e. The van der Waals surface area contributed by atoms with E-state index in [0.29, 0.717) is 17.4 Å². The molecule has 1 atom stereocenters. The summed E-state index contributed by atoms with van der Waals surface area (Å²) in [7, 11) is 1.36. The Morgan fingerprint density at radius 1 is 1.35 bits per heavy atom. The third kappa shape index (κ3) is 4.53. The Morgan fingerprint density at radius 3 is 2.55 bits per heavy atom. The molecule has 0 heterocycles. The fourth-order valence-electron chi connectivity index (χ4n) is 2.14. The van der Waals surface area contributed by atoms with Crippen LogP contribution in [-0.4, -0.2) is 25.0 Å². The number of hydrogen-bond donors (Lipinski definition) is 1. The number of halogens is 1. The van der Waals surface area contributed by atoms with Crippen LogP contribution in [0.5, 0.6) is 0 Å². The Hall–Kier alpha value is -1.55. The highest BCUT2D eigenvalue weighted by Gasteiger charge is 2.33. The molecule has 1 aromatic carbocycles. The monoisotopic (exact) mass is 295 g/mol. The number of methoxy groups -OCH3 is 1. The predicted molar refractivity (Wildman–Crippen MR) is 76.4 cm³/mol. The summed E-state index contributed by atoms with van der Waals surface area (Å²) < 4.78 is 4.67. The molecule has 2 rings (SSSR count). The van der Waals surface area contributed by atoms with E-state index in [0.717, 1.165) is 18.4 Å². The summed E-state index contributed by atoms with van der Waals surface area (Å²) in [4.78, 5) is 23.4. The summed E-state index contributed by atoms with van der Waals surface area (Å²) in [5.74, 6) is 0.0464. The van der Waals surface area contributed by atoms with Gasteiger partial charge in [-0.15, -0.1) is 0 Å². The zero-order valence-corrected chi connectivity index (χ0v) is 12.2. The van der Waals surface area contributed by atoms with Crippen LogP contribution in [0, 0.1) is 5.92 Å². The second-order valence-corrected chi connectivity index (χ2v) is 5.53. The molecule has 1 N–H and O–H groups in total. The third-order valence-corrected chi connectivity index (χ3v) is 3.68. The number of amides is 1. The molecule has 1 aromatic rings. The van der Waals surface area contributed by atoms with E-state index in [4.69, 9.17) is 11.6 Å². The zero-order chi connectivity index (χ0) is 14.5. The van der Waals surface area contributed by atoms with E-state index >= 15 is 0 Å². The lowest BCUT2D eigenvalue weighted by atomic mass is 10.1. The predicted octanol–water partition coefficient (Wildman–Crippen LogP) is 2.34. The SMILES string of the molecule is COC(=O)CC(NC(=O)Cc1ccc(Cl)cc1)C1CC1. The first kappa shape index (κ1) is 14.9. The Morgan fingerprint density at radius 2 is 2.00 bits per heavy atom. The molecule has 1 amide bonds. The lowest BCUT2D eigenvalue weighted by Gasteiger charge is -2.17. The number of nitrogens with one attached hydrogen (secondary N) is 1. The van der Waals surface area contributed by atoms with Gasteiger partial charge >= 0.3 is 5.97 Å². The highest BCUT2D eigenvalue weighted by Crippen LogP contribution is 2.34. The van der Waals surface area contributed by atoms with Gasteiger partial charge in [0.1, 0.15) is 0 Å². The highest BCUT2D eigenvalue weighted by molar-refractivity contribution is 6.30. The molecule has 0 aliphatic heterocycles. The average molecular weight is 296 g/mol. The van der Waals surface area contributed by atoms with E-state index in [9.17, 15) is 9.59 Å². The van der Waals surface area contributed by atoms with Crippen LogP contribution < -0.4 is 5.32 Å². The van der Waals surface area contributed by atoms with E-state index < -0.39 is 0 Å². The Kier molecular flexibility index (Phi) is 5.01. The number of esters is 1. The summed E-state index contributed by atoms with van der Waals surface area (Å²) in [5.41, 5.74) is 0.902. The van der Waals surface area contributed by atoms with Gasteiger partial charge in [-0.05, 0) is 36.5 Å². The quantitative estimate of drug-likeness (QED) is 0.820. The molecule has 1 aliphatic rings. The highest BCUT2D eigenvalue weighted by atomic mass is 35.5. The van der Waals surface area contributed by atoms with Crippen LogP contribution in [0.1, 0.15) is 24.8 Å². The Labute approximate surface area is 123 Å². The van der Waals surface area contributed by atoms with Crippen LogP contribution in [0.2, 0.25) is 5.02 Å². The van der Waals surface area contributed by atoms with Crippen molar-refractivity contribution in [3.63, 3.8) is 0 Å². The second kappa shape index (κ2) is 6.75. The first-order valence-corrected chi connectivity index (χ1v) is 7.07. The van der Waals surface area contributed by atoms with Crippen LogP contribution in [0.4, 0.5) is 0 Å². The van der Waals surface area contributed by atoms with Crippen molar-refractivity contribution >= 4 is 23.5 Å². The smallest absolute Gasteiger partial charge is 0.307 e. The van der Waals surface area contributed by atoms with E-state index in [-0.39, 0.29) is 24.3 Å². The van der Waals surface area contributed by atoms with Gasteiger partial charge in [-0.1, -0.05) is 23.7 Å². The minimum atomic E-state index is -0.284. The van der Waals surface area contributed by atoms with E-state index in [2.05, 4.69) is 10.1 Å². The van der Waals surface area contributed by atoms with E-state index in [1.165, 1.54) is 7.11 Å². The fraction of sp³-hybridized carbons (Fsp3) is 0.467. The van der Waals surface area contributed by atoms with Crippen LogP contribution in [0.15, 0.2) is 24.3 Å². The third-order valence-electron chi connectivity index (χ3n) is 3.43. The summed E-state index contributed by atoms with van der Waals surface area (Å²) in [6.07, 6.45) is 2.65. The molecule has 0 saturated heterocycles. The molecule has 0 spiro atoms. The number of carbonyl (C=O) groups excluding carboxylic acids is 2. The van der Waals surface area contributed by atoms with Crippen molar-refractivity contribution in [2.24, 2.45) is 5.92 Å². The summed E-state index contributed by atoms with van der Waals surface area (Å²) >= 11 is 5.80. The van der Waals surface area contributed by atoms with Gasteiger partial charge in [-0.2, -0.15) is 0 Å². The maximum atomic E-state index is 12.0. The van der Waals surface area contributed by atoms with Gasteiger partial charge in [-0.25, -0.2) is 0 Å². The molecular formula is C15H18ClNO3. The van der Waals surface area contributed by atoms with Crippen LogP contribution in [-0.2, 0) is 20.7 Å². The van der Waals surface area contributed by atoms with Crippen molar-refractivity contribution < 1.29 is 14.3 Å². The summed E-state index contributed by atoms with van der Waals surface area (Å²) in [5, 5.41) is 3.58. The first-order chi connectivity index (χ1) is 9.58. The molecule has 1 aliphatic carbocycles. The first-order valence-electron chi connectivity index (χ1n) is 6.69. The van der Waals surface area contributed by atoms with Crippen molar-refractivity contribution in [1.82, 2.24) is 5.32 Å². The summed E-state index contributed by atoms with van der Waals surface area (Å²) in [6.45, 7) is 0. The maximum absolute atomic E-state index is 12.0. The molecule has 1 unspecified atom stereocenters. The molecule has 108 valence electrons. The molecule has 0 bridgehead atoms. The fourth-order valence-corrected chi connectivity index (χ4v) is 2.27. The molecule has 20 heavy (non-hydrogen) atoms. The zero-order valence-electron chi connectivity index (χ0n) is 11.4. The number of hydrogen-bond acceptors (Lipinski definition) is 3. The molecule has 1 saturated carbocycles. The second-order valence-electron chi connectivity index (χ2n) is 5.09. The van der Waals surface area contributed by atoms with Crippen molar-refractivity contribution in [3.8, 4) is 0 Å². The summed E-state index contributed by atoms with van der Waals surface area (Å²) in [6, 6.07) is 7.07. The van der Waals surface area contributed by atoms with Crippen LogP contribution >= 0.6 is 11.6 Å². The topological polar surface area (TPSA) is 55.4 Å². The number of ether oxygens (including phenoxy) is 1. The number of benzene rings is 1. The van der Waals surface area contributed by atoms with Gasteiger partial charge in [0, 0.05) is 11.1 Å². The van der Waals surface area contributed by atoms with Gasteiger partial charge in [-0.3, -0.25) is 9.59 Å². The maximum Gasteiger partial charge on any atom is 0.307 e. The molecular weight excluding hydrogens is 278 g/mol.